The van der Waals surface area contributed by atoms with Crippen LogP contribution in [0.25, 0.3) is 0 Å². The first kappa shape index (κ1) is 14.5. The van der Waals surface area contributed by atoms with Crippen molar-refractivity contribution in [3.8, 4) is 5.75 Å². The minimum absolute atomic E-state index is 0.0660. The minimum Gasteiger partial charge on any atom is -0.508 e. The third kappa shape index (κ3) is 4.37. The molecule has 0 spiro atoms. The fourth-order valence-corrected chi connectivity index (χ4v) is 1.77. The number of carbonyl (C=O) groups is 1. The van der Waals surface area contributed by atoms with E-state index in [9.17, 15) is 9.90 Å². The van der Waals surface area contributed by atoms with Gasteiger partial charge in [0.05, 0.1) is 0 Å². The number of benzene rings is 1. The number of hydrogen-bond donors (Lipinski definition) is 2. The van der Waals surface area contributed by atoms with Crippen molar-refractivity contribution in [2.45, 2.75) is 33.2 Å². The van der Waals surface area contributed by atoms with Crippen molar-refractivity contribution in [1.82, 2.24) is 5.32 Å². The summed E-state index contributed by atoms with van der Waals surface area (Å²) in [5.74, 6) is 0.246. The first-order valence-electron chi connectivity index (χ1n) is 6.37. The molecule has 4 nitrogen and oxygen atoms in total. The van der Waals surface area contributed by atoms with E-state index in [1.807, 2.05) is 13.0 Å². The van der Waals surface area contributed by atoms with Gasteiger partial charge in [-0.1, -0.05) is 19.9 Å². The Balaban J connectivity index is 2.63. The summed E-state index contributed by atoms with van der Waals surface area (Å²) in [7, 11) is 0. The number of anilines is 1. The van der Waals surface area contributed by atoms with Crippen LogP contribution in [0.3, 0.4) is 0 Å². The Bertz CT molecular complexity index is 391. The lowest BCUT2D eigenvalue weighted by atomic mass is 10.2. The molecule has 0 saturated carbocycles. The third-order valence-corrected chi connectivity index (χ3v) is 2.65. The molecule has 1 rings (SSSR count). The van der Waals surface area contributed by atoms with Crippen LogP contribution in [0.4, 0.5) is 5.69 Å². The molecular weight excluding hydrogens is 228 g/mol. The van der Waals surface area contributed by atoms with Crippen LogP contribution in [0.5, 0.6) is 5.75 Å². The molecule has 0 atom stereocenters. The molecule has 18 heavy (non-hydrogen) atoms. The molecule has 0 aromatic heterocycles. The Labute approximate surface area is 109 Å². The number of rotatable bonds is 6. The van der Waals surface area contributed by atoms with Gasteiger partial charge in [0.1, 0.15) is 5.75 Å². The van der Waals surface area contributed by atoms with E-state index < -0.39 is 0 Å². The van der Waals surface area contributed by atoms with E-state index in [-0.39, 0.29) is 11.7 Å². The molecule has 0 radical (unpaired) electrons. The molecule has 0 aliphatic carbocycles. The molecular formula is C14H22N2O2. The molecule has 0 saturated heterocycles. The number of nitrogens with zero attached hydrogens (tertiary/aromatic N) is 1. The predicted octanol–water partition coefficient (Wildman–Crippen LogP) is 2.13. The van der Waals surface area contributed by atoms with Gasteiger partial charge in [0, 0.05) is 37.3 Å². The summed E-state index contributed by atoms with van der Waals surface area (Å²) in [4.78, 5) is 13.8. The zero-order valence-corrected chi connectivity index (χ0v) is 11.3. The summed E-state index contributed by atoms with van der Waals surface area (Å²) < 4.78 is 0. The van der Waals surface area contributed by atoms with E-state index in [2.05, 4.69) is 19.2 Å². The molecule has 4 heteroatoms. The Morgan fingerprint density at radius 2 is 2.17 bits per heavy atom. The molecule has 0 unspecified atom stereocenters. The standard InChI is InChI=1S/C14H22N2O2/c1-4-16(12-6-5-7-13(17)10-12)14(18)8-9-15-11(2)3/h5-7,10-11,15,17H,4,8-9H2,1-3H3. The van der Waals surface area contributed by atoms with Gasteiger partial charge in [-0.25, -0.2) is 0 Å². The fourth-order valence-electron chi connectivity index (χ4n) is 1.77. The Morgan fingerprint density at radius 1 is 1.44 bits per heavy atom. The normalized spacial score (nSPS) is 10.7. The van der Waals surface area contributed by atoms with Crippen LogP contribution in [-0.2, 0) is 4.79 Å². The van der Waals surface area contributed by atoms with E-state index in [0.29, 0.717) is 25.6 Å². The van der Waals surface area contributed by atoms with Gasteiger partial charge >= 0.3 is 0 Å². The van der Waals surface area contributed by atoms with Gasteiger partial charge in [-0.2, -0.15) is 0 Å². The van der Waals surface area contributed by atoms with Crippen LogP contribution in [0.15, 0.2) is 24.3 Å². The maximum absolute atomic E-state index is 12.1. The van der Waals surface area contributed by atoms with Crippen molar-refractivity contribution in [2.75, 3.05) is 18.0 Å². The Hall–Kier alpha value is -1.55. The molecule has 1 aromatic carbocycles. The quantitative estimate of drug-likeness (QED) is 0.813. The van der Waals surface area contributed by atoms with Gasteiger partial charge in [-0.05, 0) is 19.1 Å². The highest BCUT2D eigenvalue weighted by molar-refractivity contribution is 5.93. The van der Waals surface area contributed by atoms with Gasteiger partial charge in [-0.15, -0.1) is 0 Å². The Morgan fingerprint density at radius 3 is 2.72 bits per heavy atom. The van der Waals surface area contributed by atoms with Crippen LogP contribution < -0.4 is 10.2 Å². The highest BCUT2D eigenvalue weighted by Gasteiger charge is 2.13. The Kier molecular flexibility index (Phi) is 5.65. The lowest BCUT2D eigenvalue weighted by molar-refractivity contribution is -0.118. The summed E-state index contributed by atoms with van der Waals surface area (Å²) in [6.45, 7) is 7.31. The average Bonchev–Trinajstić information content (AvgIpc) is 2.29. The fraction of sp³-hybridized carbons (Fsp3) is 0.500. The molecule has 0 aliphatic heterocycles. The van der Waals surface area contributed by atoms with Crippen molar-refractivity contribution in [3.63, 3.8) is 0 Å². The highest BCUT2D eigenvalue weighted by Crippen LogP contribution is 2.20. The van der Waals surface area contributed by atoms with Gasteiger partial charge in [-0.3, -0.25) is 4.79 Å². The summed E-state index contributed by atoms with van der Waals surface area (Å²) in [6.07, 6.45) is 0.460. The minimum atomic E-state index is 0.0660. The summed E-state index contributed by atoms with van der Waals surface area (Å²) >= 11 is 0. The first-order chi connectivity index (χ1) is 8.54. The van der Waals surface area contributed by atoms with Crippen molar-refractivity contribution in [1.29, 1.82) is 0 Å². The average molecular weight is 250 g/mol. The van der Waals surface area contributed by atoms with Crippen LogP contribution in [0.1, 0.15) is 27.2 Å². The topological polar surface area (TPSA) is 52.6 Å². The number of aromatic hydroxyl groups is 1. The molecule has 1 aromatic rings. The second kappa shape index (κ2) is 7.01. The zero-order chi connectivity index (χ0) is 13.5. The smallest absolute Gasteiger partial charge is 0.228 e. The SMILES string of the molecule is CCN(C(=O)CCNC(C)C)c1cccc(O)c1. The van der Waals surface area contributed by atoms with Gasteiger partial charge in [0.15, 0.2) is 0 Å². The largest absolute Gasteiger partial charge is 0.508 e. The second-order valence-electron chi connectivity index (χ2n) is 4.52. The lowest BCUT2D eigenvalue weighted by Gasteiger charge is -2.21. The molecule has 100 valence electrons. The molecule has 0 aliphatic rings. The van der Waals surface area contributed by atoms with Crippen molar-refractivity contribution < 1.29 is 9.90 Å². The van der Waals surface area contributed by atoms with Crippen LogP contribution in [-0.4, -0.2) is 30.1 Å². The molecule has 1 amide bonds. The van der Waals surface area contributed by atoms with Gasteiger partial charge < -0.3 is 15.3 Å². The molecule has 0 bridgehead atoms. The van der Waals surface area contributed by atoms with E-state index in [1.165, 1.54) is 0 Å². The highest BCUT2D eigenvalue weighted by atomic mass is 16.3. The lowest BCUT2D eigenvalue weighted by Crippen LogP contribution is -2.34. The number of phenols is 1. The number of hydrogen-bond acceptors (Lipinski definition) is 3. The zero-order valence-electron chi connectivity index (χ0n) is 11.3. The number of amides is 1. The van der Waals surface area contributed by atoms with Crippen LogP contribution in [0, 0.1) is 0 Å². The summed E-state index contributed by atoms with van der Waals surface area (Å²) in [5, 5.41) is 12.7. The maximum atomic E-state index is 12.1. The first-order valence-corrected chi connectivity index (χ1v) is 6.37. The number of carbonyl (C=O) groups excluding carboxylic acids is 1. The summed E-state index contributed by atoms with van der Waals surface area (Å²) in [6, 6.07) is 7.16. The van der Waals surface area contributed by atoms with Crippen molar-refractivity contribution in [2.24, 2.45) is 0 Å². The van der Waals surface area contributed by atoms with E-state index in [1.54, 1.807) is 23.1 Å². The number of phenolic OH excluding ortho intramolecular Hbond substituents is 1. The molecule has 0 fully saturated rings. The predicted molar refractivity (Wildman–Crippen MR) is 73.9 cm³/mol. The maximum Gasteiger partial charge on any atom is 0.228 e. The van der Waals surface area contributed by atoms with Crippen LogP contribution >= 0.6 is 0 Å². The second-order valence-corrected chi connectivity index (χ2v) is 4.52. The monoisotopic (exact) mass is 250 g/mol. The van der Waals surface area contributed by atoms with E-state index >= 15 is 0 Å². The van der Waals surface area contributed by atoms with Crippen LogP contribution in [0.2, 0.25) is 0 Å². The molecule has 2 N–H and O–H groups in total. The third-order valence-electron chi connectivity index (χ3n) is 2.65. The van der Waals surface area contributed by atoms with Gasteiger partial charge in [0.2, 0.25) is 5.91 Å². The van der Waals surface area contributed by atoms with E-state index in [4.69, 9.17) is 0 Å². The molecule has 0 heterocycles. The summed E-state index contributed by atoms with van der Waals surface area (Å²) in [5.41, 5.74) is 0.743. The van der Waals surface area contributed by atoms with Gasteiger partial charge in [0.25, 0.3) is 0 Å². The van der Waals surface area contributed by atoms with Crippen molar-refractivity contribution in [3.05, 3.63) is 24.3 Å². The van der Waals surface area contributed by atoms with Crippen molar-refractivity contribution >= 4 is 11.6 Å². The van der Waals surface area contributed by atoms with E-state index in [0.717, 1.165) is 5.69 Å². The number of nitrogens with one attached hydrogen (secondary N) is 1.